The maximum atomic E-state index is 11.6. The predicted octanol–water partition coefficient (Wildman–Crippen LogP) is 1.12. The molecule has 1 fully saturated rings. The van der Waals surface area contributed by atoms with Gasteiger partial charge in [0.05, 0.1) is 6.54 Å². The normalized spacial score (nSPS) is 20.9. The number of nitrogens with zero attached hydrogens (tertiary/aromatic N) is 1. The zero-order chi connectivity index (χ0) is 12.7. The van der Waals surface area contributed by atoms with E-state index < -0.39 is 0 Å². The molecular formula is C13H22N2O2. The van der Waals surface area contributed by atoms with Crippen LogP contribution in [0.3, 0.4) is 0 Å². The fourth-order valence-corrected chi connectivity index (χ4v) is 2.26. The van der Waals surface area contributed by atoms with E-state index in [9.17, 15) is 9.59 Å². The van der Waals surface area contributed by atoms with Crippen LogP contribution in [0, 0.1) is 0 Å². The van der Waals surface area contributed by atoms with Crippen molar-refractivity contribution in [3.05, 3.63) is 12.7 Å². The van der Waals surface area contributed by atoms with Crippen molar-refractivity contribution in [2.45, 2.75) is 38.6 Å². The Hall–Kier alpha value is -1.16. The van der Waals surface area contributed by atoms with Crippen molar-refractivity contribution in [3.63, 3.8) is 0 Å². The second-order valence-electron chi connectivity index (χ2n) is 4.62. The number of amides is 1. The second kappa shape index (κ2) is 7.22. The van der Waals surface area contributed by atoms with Crippen molar-refractivity contribution in [1.82, 2.24) is 10.2 Å². The molecule has 4 nitrogen and oxygen atoms in total. The van der Waals surface area contributed by atoms with E-state index in [1.165, 1.54) is 0 Å². The maximum absolute atomic E-state index is 11.6. The van der Waals surface area contributed by atoms with Gasteiger partial charge in [0.2, 0.25) is 5.91 Å². The number of rotatable bonds is 6. The Labute approximate surface area is 103 Å². The average molecular weight is 238 g/mol. The molecule has 1 rings (SSSR count). The van der Waals surface area contributed by atoms with E-state index >= 15 is 0 Å². The molecule has 1 unspecified atom stereocenters. The summed E-state index contributed by atoms with van der Waals surface area (Å²) in [4.78, 5) is 24.9. The molecule has 1 saturated heterocycles. The SMILES string of the molecule is C=CCNC(=O)CN1CCCCC1CC(C)=O. The molecule has 1 N–H and O–H groups in total. The smallest absolute Gasteiger partial charge is 0.234 e. The maximum Gasteiger partial charge on any atom is 0.234 e. The summed E-state index contributed by atoms with van der Waals surface area (Å²) >= 11 is 0. The van der Waals surface area contributed by atoms with Crippen molar-refractivity contribution >= 4 is 11.7 Å². The summed E-state index contributed by atoms with van der Waals surface area (Å²) in [6.45, 7) is 6.99. The lowest BCUT2D eigenvalue weighted by atomic mass is 9.98. The minimum atomic E-state index is 0.0142. The minimum Gasteiger partial charge on any atom is -0.352 e. The van der Waals surface area contributed by atoms with Crippen LogP contribution in [0.5, 0.6) is 0 Å². The third-order valence-corrected chi connectivity index (χ3v) is 3.06. The van der Waals surface area contributed by atoms with Crippen molar-refractivity contribution in [1.29, 1.82) is 0 Å². The molecule has 17 heavy (non-hydrogen) atoms. The van der Waals surface area contributed by atoms with Gasteiger partial charge in [-0.2, -0.15) is 0 Å². The Morgan fingerprint density at radius 1 is 1.47 bits per heavy atom. The molecule has 1 atom stereocenters. The van der Waals surface area contributed by atoms with E-state index in [0.29, 0.717) is 19.5 Å². The number of hydrogen-bond acceptors (Lipinski definition) is 3. The Kier molecular flexibility index (Phi) is 5.91. The summed E-state index contributed by atoms with van der Waals surface area (Å²) in [6.07, 6.45) is 5.52. The van der Waals surface area contributed by atoms with Crippen LogP contribution in [0.15, 0.2) is 12.7 Å². The number of carbonyl (C=O) groups is 2. The minimum absolute atomic E-state index is 0.0142. The van der Waals surface area contributed by atoms with Crippen molar-refractivity contribution in [3.8, 4) is 0 Å². The van der Waals surface area contributed by atoms with Crippen LogP contribution >= 0.6 is 0 Å². The third kappa shape index (κ3) is 5.13. The molecule has 96 valence electrons. The molecule has 1 amide bonds. The van der Waals surface area contributed by atoms with Crippen LogP contribution < -0.4 is 5.32 Å². The molecule has 0 aliphatic carbocycles. The molecule has 0 aromatic heterocycles. The van der Waals surface area contributed by atoms with Gasteiger partial charge in [-0.3, -0.25) is 14.5 Å². The Balaban J connectivity index is 2.44. The zero-order valence-electron chi connectivity index (χ0n) is 10.6. The molecule has 1 heterocycles. The van der Waals surface area contributed by atoms with Gasteiger partial charge in [0.25, 0.3) is 0 Å². The van der Waals surface area contributed by atoms with E-state index in [2.05, 4.69) is 16.8 Å². The Morgan fingerprint density at radius 2 is 2.24 bits per heavy atom. The van der Waals surface area contributed by atoms with Gasteiger partial charge < -0.3 is 5.32 Å². The standard InChI is InChI=1S/C13H22N2O2/c1-3-7-14-13(17)10-15-8-5-4-6-12(15)9-11(2)16/h3,12H,1,4-10H2,2H3,(H,14,17). The zero-order valence-corrected chi connectivity index (χ0v) is 10.6. The van der Waals surface area contributed by atoms with Crippen LogP contribution in [0.1, 0.15) is 32.6 Å². The topological polar surface area (TPSA) is 49.4 Å². The molecule has 1 aliphatic rings. The summed E-state index contributed by atoms with van der Waals surface area (Å²) < 4.78 is 0. The number of ketones is 1. The number of piperidine rings is 1. The molecule has 1 aliphatic heterocycles. The lowest BCUT2D eigenvalue weighted by molar-refractivity contribution is -0.124. The molecule has 4 heteroatoms. The van der Waals surface area contributed by atoms with E-state index in [1.807, 2.05) is 0 Å². The van der Waals surface area contributed by atoms with Crippen LogP contribution in [0.25, 0.3) is 0 Å². The highest BCUT2D eigenvalue weighted by molar-refractivity contribution is 5.79. The number of nitrogens with one attached hydrogen (secondary N) is 1. The van der Waals surface area contributed by atoms with Gasteiger partial charge in [0.15, 0.2) is 0 Å². The van der Waals surface area contributed by atoms with E-state index in [0.717, 1.165) is 25.8 Å². The average Bonchev–Trinajstić information content (AvgIpc) is 2.28. The molecule has 0 radical (unpaired) electrons. The van der Waals surface area contributed by atoms with Gasteiger partial charge in [0.1, 0.15) is 5.78 Å². The summed E-state index contributed by atoms with van der Waals surface area (Å²) in [5.74, 6) is 0.216. The summed E-state index contributed by atoms with van der Waals surface area (Å²) in [6, 6.07) is 0.246. The van der Waals surface area contributed by atoms with Gasteiger partial charge in [-0.25, -0.2) is 0 Å². The lowest BCUT2D eigenvalue weighted by Gasteiger charge is -2.34. The van der Waals surface area contributed by atoms with E-state index in [-0.39, 0.29) is 17.7 Å². The predicted molar refractivity (Wildman–Crippen MR) is 67.7 cm³/mol. The third-order valence-electron chi connectivity index (χ3n) is 3.06. The number of Topliss-reactive ketones (excluding diaryl/α,β-unsaturated/α-hetero) is 1. The highest BCUT2D eigenvalue weighted by Gasteiger charge is 2.24. The van der Waals surface area contributed by atoms with Gasteiger partial charge in [-0.1, -0.05) is 12.5 Å². The molecule has 0 bridgehead atoms. The van der Waals surface area contributed by atoms with Crippen LogP contribution in [-0.2, 0) is 9.59 Å². The largest absolute Gasteiger partial charge is 0.352 e. The molecular weight excluding hydrogens is 216 g/mol. The molecule has 0 aromatic rings. The van der Waals surface area contributed by atoms with Crippen molar-refractivity contribution < 1.29 is 9.59 Å². The van der Waals surface area contributed by atoms with Crippen LogP contribution in [0.4, 0.5) is 0 Å². The fourth-order valence-electron chi connectivity index (χ4n) is 2.26. The summed E-state index contributed by atoms with van der Waals surface area (Å²) in [7, 11) is 0. The molecule has 0 saturated carbocycles. The first kappa shape index (κ1) is 13.9. The van der Waals surface area contributed by atoms with Gasteiger partial charge >= 0.3 is 0 Å². The summed E-state index contributed by atoms with van der Waals surface area (Å²) in [5, 5.41) is 2.77. The van der Waals surface area contributed by atoms with Crippen molar-refractivity contribution in [2.24, 2.45) is 0 Å². The first-order valence-corrected chi connectivity index (χ1v) is 6.24. The van der Waals surface area contributed by atoms with E-state index in [1.54, 1.807) is 13.0 Å². The highest BCUT2D eigenvalue weighted by Crippen LogP contribution is 2.19. The van der Waals surface area contributed by atoms with Gasteiger partial charge in [-0.05, 0) is 26.3 Å². The van der Waals surface area contributed by atoms with Crippen molar-refractivity contribution in [2.75, 3.05) is 19.6 Å². The van der Waals surface area contributed by atoms with Crippen LogP contribution in [0.2, 0.25) is 0 Å². The summed E-state index contributed by atoms with van der Waals surface area (Å²) in [5.41, 5.74) is 0. The Morgan fingerprint density at radius 3 is 2.88 bits per heavy atom. The Bertz CT molecular complexity index is 289. The van der Waals surface area contributed by atoms with Gasteiger partial charge in [0, 0.05) is 19.0 Å². The highest BCUT2D eigenvalue weighted by atomic mass is 16.2. The number of likely N-dealkylation sites (tertiary alicyclic amines) is 1. The van der Waals surface area contributed by atoms with Gasteiger partial charge in [-0.15, -0.1) is 6.58 Å². The fraction of sp³-hybridized carbons (Fsp3) is 0.692. The number of hydrogen-bond donors (Lipinski definition) is 1. The molecule has 0 spiro atoms. The lowest BCUT2D eigenvalue weighted by Crippen LogP contribution is -2.46. The second-order valence-corrected chi connectivity index (χ2v) is 4.62. The molecule has 0 aromatic carbocycles. The number of carbonyl (C=O) groups excluding carboxylic acids is 2. The van der Waals surface area contributed by atoms with Crippen LogP contribution in [-0.4, -0.2) is 42.3 Å². The quantitative estimate of drug-likeness (QED) is 0.706. The monoisotopic (exact) mass is 238 g/mol. The van der Waals surface area contributed by atoms with E-state index in [4.69, 9.17) is 0 Å². The first-order valence-electron chi connectivity index (χ1n) is 6.24. The first-order chi connectivity index (χ1) is 8.13.